The van der Waals surface area contributed by atoms with Crippen LogP contribution in [0.5, 0.6) is 0 Å². The summed E-state index contributed by atoms with van der Waals surface area (Å²) in [6, 6.07) is 0. The first-order valence-corrected chi connectivity index (χ1v) is 7.24. The zero-order valence-corrected chi connectivity index (χ0v) is 12.2. The Bertz CT molecular complexity index is 420. The van der Waals surface area contributed by atoms with Crippen molar-refractivity contribution in [2.24, 2.45) is 11.8 Å². The fourth-order valence-electron chi connectivity index (χ4n) is 2.61. The first kappa shape index (κ1) is 13.6. The number of hydrogen-bond acceptors (Lipinski definition) is 3. The average Bonchev–Trinajstić information content (AvgIpc) is 2.77. The summed E-state index contributed by atoms with van der Waals surface area (Å²) >= 11 is 6.13. The third kappa shape index (κ3) is 3.14. The second-order valence-electron chi connectivity index (χ2n) is 5.42. The molecule has 1 saturated carbocycles. The molecule has 0 amide bonds. The quantitative estimate of drug-likeness (QED) is 0.842. The van der Waals surface area contributed by atoms with Gasteiger partial charge < -0.3 is 5.32 Å². The molecule has 1 fully saturated rings. The SMILES string of the molecule is CCc1nc(Cl)c(C)c(NCC2CCC(C)C2)n1. The number of aromatic nitrogens is 2. The fourth-order valence-corrected chi connectivity index (χ4v) is 2.80. The lowest BCUT2D eigenvalue weighted by molar-refractivity contribution is 0.536. The minimum Gasteiger partial charge on any atom is -0.369 e. The molecule has 0 aliphatic heterocycles. The molecule has 0 radical (unpaired) electrons. The molecule has 2 unspecified atom stereocenters. The molecule has 0 saturated heterocycles. The first-order valence-electron chi connectivity index (χ1n) is 6.87. The van der Waals surface area contributed by atoms with E-state index in [1.807, 2.05) is 13.8 Å². The molecule has 2 rings (SSSR count). The van der Waals surface area contributed by atoms with Crippen molar-refractivity contribution in [3.8, 4) is 0 Å². The van der Waals surface area contributed by atoms with Crippen LogP contribution in [-0.4, -0.2) is 16.5 Å². The molecule has 1 aromatic heterocycles. The Kier molecular flexibility index (Phi) is 4.44. The molecule has 1 heterocycles. The number of nitrogens with zero attached hydrogens (tertiary/aromatic N) is 2. The van der Waals surface area contributed by atoms with Gasteiger partial charge in [-0.15, -0.1) is 0 Å². The molecule has 18 heavy (non-hydrogen) atoms. The smallest absolute Gasteiger partial charge is 0.137 e. The van der Waals surface area contributed by atoms with Gasteiger partial charge in [0.2, 0.25) is 0 Å². The molecule has 0 aromatic carbocycles. The van der Waals surface area contributed by atoms with Crippen LogP contribution in [0, 0.1) is 18.8 Å². The van der Waals surface area contributed by atoms with E-state index in [1.165, 1.54) is 19.3 Å². The van der Waals surface area contributed by atoms with Gasteiger partial charge in [-0.1, -0.05) is 31.9 Å². The summed E-state index contributed by atoms with van der Waals surface area (Å²) in [4.78, 5) is 8.78. The summed E-state index contributed by atoms with van der Waals surface area (Å²) in [5.41, 5.74) is 0.958. The van der Waals surface area contributed by atoms with Gasteiger partial charge >= 0.3 is 0 Å². The molecule has 1 N–H and O–H groups in total. The second-order valence-corrected chi connectivity index (χ2v) is 5.78. The van der Waals surface area contributed by atoms with Crippen LogP contribution >= 0.6 is 11.6 Å². The van der Waals surface area contributed by atoms with E-state index >= 15 is 0 Å². The molecule has 2 atom stereocenters. The number of nitrogens with one attached hydrogen (secondary N) is 1. The lowest BCUT2D eigenvalue weighted by Crippen LogP contribution is -2.14. The summed E-state index contributed by atoms with van der Waals surface area (Å²) in [7, 11) is 0. The van der Waals surface area contributed by atoms with Gasteiger partial charge in [0.05, 0.1) is 0 Å². The van der Waals surface area contributed by atoms with Crippen molar-refractivity contribution in [1.82, 2.24) is 9.97 Å². The van der Waals surface area contributed by atoms with Crippen LogP contribution in [0.4, 0.5) is 5.82 Å². The summed E-state index contributed by atoms with van der Waals surface area (Å²) in [6.45, 7) is 7.36. The summed E-state index contributed by atoms with van der Waals surface area (Å²) < 4.78 is 0. The monoisotopic (exact) mass is 267 g/mol. The molecule has 1 aliphatic carbocycles. The number of aryl methyl sites for hydroxylation is 1. The van der Waals surface area contributed by atoms with E-state index in [-0.39, 0.29) is 0 Å². The Hall–Kier alpha value is -0.830. The van der Waals surface area contributed by atoms with E-state index in [4.69, 9.17) is 11.6 Å². The maximum atomic E-state index is 6.13. The predicted octanol–water partition coefficient (Wildman–Crippen LogP) is 3.85. The minimum atomic E-state index is 0.573. The number of halogens is 1. The van der Waals surface area contributed by atoms with Crippen molar-refractivity contribution in [3.05, 3.63) is 16.5 Å². The maximum Gasteiger partial charge on any atom is 0.137 e. The Balaban J connectivity index is 2.02. The van der Waals surface area contributed by atoms with Crippen LogP contribution in [0.15, 0.2) is 0 Å². The highest BCUT2D eigenvalue weighted by Gasteiger charge is 2.21. The van der Waals surface area contributed by atoms with Gasteiger partial charge in [0, 0.05) is 18.5 Å². The van der Waals surface area contributed by atoms with Crippen molar-refractivity contribution in [2.75, 3.05) is 11.9 Å². The van der Waals surface area contributed by atoms with Crippen molar-refractivity contribution in [1.29, 1.82) is 0 Å². The van der Waals surface area contributed by atoms with Crippen LogP contribution in [0.1, 0.15) is 44.5 Å². The van der Waals surface area contributed by atoms with E-state index in [0.29, 0.717) is 5.15 Å². The van der Waals surface area contributed by atoms with Crippen molar-refractivity contribution < 1.29 is 0 Å². The van der Waals surface area contributed by atoms with Crippen LogP contribution in [-0.2, 0) is 6.42 Å². The van der Waals surface area contributed by atoms with Gasteiger partial charge in [-0.05, 0) is 31.6 Å². The zero-order valence-electron chi connectivity index (χ0n) is 11.5. The standard InChI is InChI=1S/C14H22ClN3/c1-4-12-17-13(15)10(3)14(18-12)16-8-11-6-5-9(2)7-11/h9,11H,4-8H2,1-3H3,(H,16,17,18). The topological polar surface area (TPSA) is 37.8 Å². The van der Waals surface area contributed by atoms with Crippen molar-refractivity contribution in [3.63, 3.8) is 0 Å². The van der Waals surface area contributed by atoms with E-state index in [0.717, 1.165) is 42.0 Å². The molecule has 4 heteroatoms. The second kappa shape index (κ2) is 5.87. The highest BCUT2D eigenvalue weighted by atomic mass is 35.5. The zero-order chi connectivity index (χ0) is 13.1. The predicted molar refractivity (Wildman–Crippen MR) is 76.2 cm³/mol. The average molecular weight is 268 g/mol. The van der Waals surface area contributed by atoms with E-state index in [1.54, 1.807) is 0 Å². The highest BCUT2D eigenvalue weighted by Crippen LogP contribution is 2.30. The number of anilines is 1. The lowest BCUT2D eigenvalue weighted by atomic mass is 10.1. The van der Waals surface area contributed by atoms with E-state index < -0.39 is 0 Å². The van der Waals surface area contributed by atoms with E-state index in [9.17, 15) is 0 Å². The summed E-state index contributed by atoms with van der Waals surface area (Å²) in [5.74, 6) is 3.37. The van der Waals surface area contributed by atoms with Gasteiger partial charge in [-0.3, -0.25) is 0 Å². The fraction of sp³-hybridized carbons (Fsp3) is 0.714. The summed E-state index contributed by atoms with van der Waals surface area (Å²) in [5, 5.41) is 4.03. The number of hydrogen-bond donors (Lipinski definition) is 1. The molecule has 3 nitrogen and oxygen atoms in total. The highest BCUT2D eigenvalue weighted by molar-refractivity contribution is 6.30. The van der Waals surface area contributed by atoms with Gasteiger partial charge in [-0.2, -0.15) is 0 Å². The summed E-state index contributed by atoms with van der Waals surface area (Å²) in [6.07, 6.45) is 4.82. The van der Waals surface area contributed by atoms with Gasteiger partial charge in [0.15, 0.2) is 0 Å². The molecular weight excluding hydrogens is 246 g/mol. The van der Waals surface area contributed by atoms with E-state index in [2.05, 4.69) is 22.2 Å². The van der Waals surface area contributed by atoms with Crippen LogP contribution in [0.2, 0.25) is 5.15 Å². The van der Waals surface area contributed by atoms with Crippen LogP contribution < -0.4 is 5.32 Å². The van der Waals surface area contributed by atoms with Crippen molar-refractivity contribution >= 4 is 17.4 Å². The number of rotatable bonds is 4. The maximum absolute atomic E-state index is 6.13. The lowest BCUT2D eigenvalue weighted by Gasteiger charge is -2.14. The Morgan fingerprint density at radius 3 is 2.72 bits per heavy atom. The third-order valence-electron chi connectivity index (χ3n) is 3.81. The molecule has 0 spiro atoms. The molecule has 1 aromatic rings. The van der Waals surface area contributed by atoms with Crippen LogP contribution in [0.25, 0.3) is 0 Å². The molecule has 100 valence electrons. The normalized spacial score (nSPS) is 23.3. The Morgan fingerprint density at radius 2 is 2.11 bits per heavy atom. The van der Waals surface area contributed by atoms with Gasteiger partial charge in [-0.25, -0.2) is 9.97 Å². The molecular formula is C14H22ClN3. The third-order valence-corrected chi connectivity index (χ3v) is 4.18. The molecule has 0 bridgehead atoms. The van der Waals surface area contributed by atoms with Gasteiger partial charge in [0.25, 0.3) is 0 Å². The Labute approximate surface area is 114 Å². The van der Waals surface area contributed by atoms with Gasteiger partial charge in [0.1, 0.15) is 16.8 Å². The minimum absolute atomic E-state index is 0.573. The van der Waals surface area contributed by atoms with Crippen molar-refractivity contribution in [2.45, 2.75) is 46.5 Å². The Morgan fingerprint density at radius 1 is 1.33 bits per heavy atom. The molecule has 1 aliphatic rings. The first-order chi connectivity index (χ1) is 8.60. The largest absolute Gasteiger partial charge is 0.369 e. The van der Waals surface area contributed by atoms with Crippen LogP contribution in [0.3, 0.4) is 0 Å².